The predicted molar refractivity (Wildman–Crippen MR) is 159 cm³/mol. The number of benzene rings is 2. The van der Waals surface area contributed by atoms with Crippen LogP contribution in [-0.2, 0) is 24.4 Å². The van der Waals surface area contributed by atoms with Gasteiger partial charge < -0.3 is 23.7 Å². The van der Waals surface area contributed by atoms with Crippen molar-refractivity contribution in [1.29, 1.82) is 0 Å². The zero-order valence-electron chi connectivity index (χ0n) is 24.3. The first-order chi connectivity index (χ1) is 21.0. The first-order valence-electron chi connectivity index (χ1n) is 14.4. The van der Waals surface area contributed by atoms with Crippen LogP contribution in [0.5, 0.6) is 5.88 Å². The molecule has 0 aliphatic carbocycles. The Morgan fingerprint density at radius 2 is 1.88 bits per heavy atom. The average Bonchev–Trinajstić information content (AvgIpc) is 3.62. The van der Waals surface area contributed by atoms with Crippen molar-refractivity contribution in [3.8, 4) is 17.3 Å². The number of ether oxygens (including phenoxy) is 2. The minimum Gasteiger partial charge on any atom is -0.478 e. The highest BCUT2D eigenvalue weighted by Crippen LogP contribution is 2.29. The summed E-state index contributed by atoms with van der Waals surface area (Å²) < 4.78 is 18.6. The van der Waals surface area contributed by atoms with Crippen LogP contribution in [0.3, 0.4) is 0 Å². The first kappa shape index (κ1) is 28.5. The molecule has 5 aromatic rings. The van der Waals surface area contributed by atoms with E-state index in [2.05, 4.69) is 25.7 Å². The Balaban J connectivity index is 1.08. The SMILES string of the molecule is COCCn1c(CN2CCC(c3cccc(OCc4cccc(-c5noc(C)n5)c4)n3)CC2)nc2ccc(C(=O)O)cc21. The molecule has 11 heteroatoms. The van der Waals surface area contributed by atoms with Gasteiger partial charge in [0.15, 0.2) is 0 Å². The molecule has 0 atom stereocenters. The maximum Gasteiger partial charge on any atom is 0.335 e. The van der Waals surface area contributed by atoms with Crippen LogP contribution in [0.4, 0.5) is 0 Å². The molecule has 43 heavy (non-hydrogen) atoms. The van der Waals surface area contributed by atoms with Gasteiger partial charge in [0.25, 0.3) is 0 Å². The number of aryl methyl sites for hydroxylation is 1. The molecule has 222 valence electrons. The van der Waals surface area contributed by atoms with Crippen LogP contribution in [0, 0.1) is 6.92 Å². The number of aromatic carboxylic acids is 1. The van der Waals surface area contributed by atoms with Gasteiger partial charge >= 0.3 is 5.97 Å². The zero-order chi connectivity index (χ0) is 29.8. The number of piperidine rings is 1. The smallest absolute Gasteiger partial charge is 0.335 e. The standard InChI is InChI=1S/C32H34N6O5/c1-21-33-31(36-43-21)24-6-3-5-22(17-24)20-42-30-8-4-7-26(35-30)23-11-13-37(14-12-23)19-29-34-27-10-9-25(32(39)40)18-28(27)38(29)15-16-41-2/h3-10,17-18,23H,11-16,19-20H2,1-2H3,(H,39,40). The lowest BCUT2D eigenvalue weighted by Gasteiger charge is -2.31. The molecule has 6 rings (SSSR count). The monoisotopic (exact) mass is 582 g/mol. The van der Waals surface area contributed by atoms with Crippen LogP contribution in [0.1, 0.15) is 52.1 Å². The van der Waals surface area contributed by atoms with Crippen molar-refractivity contribution in [3.05, 3.63) is 89.2 Å². The first-order valence-corrected chi connectivity index (χ1v) is 14.4. The summed E-state index contributed by atoms with van der Waals surface area (Å²) in [6, 6.07) is 19.0. The van der Waals surface area contributed by atoms with Gasteiger partial charge in [-0.2, -0.15) is 4.98 Å². The Labute approximate surface area is 249 Å². The van der Waals surface area contributed by atoms with E-state index < -0.39 is 5.97 Å². The molecular weight excluding hydrogens is 548 g/mol. The number of fused-ring (bicyclic) bond motifs is 1. The van der Waals surface area contributed by atoms with Crippen LogP contribution in [-0.4, -0.2) is 67.5 Å². The van der Waals surface area contributed by atoms with E-state index in [1.54, 1.807) is 32.2 Å². The summed E-state index contributed by atoms with van der Waals surface area (Å²) in [6.07, 6.45) is 1.95. The van der Waals surface area contributed by atoms with Crippen LogP contribution in [0.2, 0.25) is 0 Å². The van der Waals surface area contributed by atoms with Crippen LogP contribution in [0.25, 0.3) is 22.4 Å². The summed E-state index contributed by atoms with van der Waals surface area (Å²) in [5, 5.41) is 13.5. The summed E-state index contributed by atoms with van der Waals surface area (Å²) in [5.41, 5.74) is 4.79. The van der Waals surface area contributed by atoms with Crippen molar-refractivity contribution < 1.29 is 23.9 Å². The van der Waals surface area contributed by atoms with Gasteiger partial charge in [0.05, 0.1) is 29.7 Å². The molecule has 0 amide bonds. The number of carboxylic acid groups (broad SMARTS) is 1. The second-order valence-electron chi connectivity index (χ2n) is 10.8. The molecule has 11 nitrogen and oxygen atoms in total. The fraction of sp³-hybridized carbons (Fsp3) is 0.344. The molecule has 0 unspecified atom stereocenters. The number of hydrogen-bond donors (Lipinski definition) is 1. The van der Waals surface area contributed by atoms with Crippen LogP contribution >= 0.6 is 0 Å². The van der Waals surface area contributed by atoms with Gasteiger partial charge in [-0.3, -0.25) is 4.90 Å². The van der Waals surface area contributed by atoms with Gasteiger partial charge in [-0.1, -0.05) is 29.4 Å². The lowest BCUT2D eigenvalue weighted by Crippen LogP contribution is -2.33. The van der Waals surface area contributed by atoms with Crippen LogP contribution < -0.4 is 4.74 Å². The third-order valence-corrected chi connectivity index (χ3v) is 7.81. The minimum atomic E-state index is -0.946. The minimum absolute atomic E-state index is 0.254. The maximum absolute atomic E-state index is 11.5. The van der Waals surface area contributed by atoms with E-state index in [1.165, 1.54) is 0 Å². The van der Waals surface area contributed by atoms with E-state index in [4.69, 9.17) is 24.0 Å². The van der Waals surface area contributed by atoms with Gasteiger partial charge in [-0.05, 0) is 61.8 Å². The van der Waals surface area contributed by atoms with Crippen molar-refractivity contribution >= 4 is 17.0 Å². The van der Waals surface area contributed by atoms with E-state index >= 15 is 0 Å². The lowest BCUT2D eigenvalue weighted by atomic mass is 9.93. The van der Waals surface area contributed by atoms with Gasteiger partial charge in [0.1, 0.15) is 12.4 Å². The number of aromatic nitrogens is 5. The number of methoxy groups -OCH3 is 1. The fourth-order valence-electron chi connectivity index (χ4n) is 5.56. The molecule has 1 N–H and O–H groups in total. The highest BCUT2D eigenvalue weighted by molar-refractivity contribution is 5.92. The Bertz CT molecular complexity index is 1720. The highest BCUT2D eigenvalue weighted by Gasteiger charge is 2.24. The second kappa shape index (κ2) is 12.7. The third kappa shape index (κ3) is 6.58. The number of likely N-dealkylation sites (tertiary alicyclic amines) is 1. The lowest BCUT2D eigenvalue weighted by molar-refractivity contribution is 0.0697. The number of carbonyl (C=O) groups is 1. The number of pyridine rings is 1. The highest BCUT2D eigenvalue weighted by atomic mass is 16.5. The summed E-state index contributed by atoms with van der Waals surface area (Å²) in [5.74, 6) is 2.01. The maximum atomic E-state index is 11.5. The van der Waals surface area contributed by atoms with Gasteiger partial charge in [0, 0.05) is 43.8 Å². The average molecular weight is 583 g/mol. The Morgan fingerprint density at radius 3 is 2.65 bits per heavy atom. The summed E-state index contributed by atoms with van der Waals surface area (Å²) in [6.45, 7) is 5.80. The molecule has 1 aliphatic heterocycles. The number of rotatable bonds is 11. The zero-order valence-corrected chi connectivity index (χ0v) is 24.3. The van der Waals surface area contributed by atoms with Crippen LogP contribution in [0.15, 0.2) is 65.2 Å². The van der Waals surface area contributed by atoms with Gasteiger partial charge in [-0.25, -0.2) is 14.8 Å². The Morgan fingerprint density at radius 1 is 1.05 bits per heavy atom. The summed E-state index contributed by atoms with van der Waals surface area (Å²) >= 11 is 0. The van der Waals surface area contributed by atoms with E-state index in [1.807, 2.05) is 36.4 Å². The number of hydrogen-bond acceptors (Lipinski definition) is 9. The fourth-order valence-corrected chi connectivity index (χ4v) is 5.56. The molecule has 0 spiro atoms. The van der Waals surface area contributed by atoms with E-state index in [-0.39, 0.29) is 5.56 Å². The van der Waals surface area contributed by atoms with E-state index in [9.17, 15) is 9.90 Å². The third-order valence-electron chi connectivity index (χ3n) is 7.81. The molecule has 2 aromatic carbocycles. The molecule has 1 fully saturated rings. The van der Waals surface area contributed by atoms with Crippen molar-refractivity contribution in [2.45, 2.75) is 45.4 Å². The molecule has 1 aliphatic rings. The van der Waals surface area contributed by atoms with Gasteiger partial charge in [0.2, 0.25) is 17.6 Å². The van der Waals surface area contributed by atoms with E-state index in [0.29, 0.717) is 49.8 Å². The van der Waals surface area contributed by atoms with Crippen molar-refractivity contribution in [2.75, 3.05) is 26.8 Å². The Hall–Kier alpha value is -4.61. The topological polar surface area (TPSA) is 129 Å². The summed E-state index contributed by atoms with van der Waals surface area (Å²) in [4.78, 5) is 27.9. The largest absolute Gasteiger partial charge is 0.478 e. The Kier molecular flexibility index (Phi) is 8.43. The van der Waals surface area contributed by atoms with Crippen molar-refractivity contribution in [2.24, 2.45) is 0 Å². The second-order valence-corrected chi connectivity index (χ2v) is 10.8. The van der Waals surface area contributed by atoms with Crippen molar-refractivity contribution in [3.63, 3.8) is 0 Å². The molecule has 0 bridgehead atoms. The molecule has 1 saturated heterocycles. The summed E-state index contributed by atoms with van der Waals surface area (Å²) in [7, 11) is 1.66. The molecule has 3 aromatic heterocycles. The van der Waals surface area contributed by atoms with E-state index in [0.717, 1.165) is 59.6 Å². The number of imidazole rings is 1. The molecule has 0 saturated carbocycles. The number of nitrogens with zero attached hydrogens (tertiary/aromatic N) is 6. The number of carboxylic acids is 1. The van der Waals surface area contributed by atoms with Gasteiger partial charge in [-0.15, -0.1) is 0 Å². The van der Waals surface area contributed by atoms with Crippen molar-refractivity contribution in [1.82, 2.24) is 29.6 Å². The normalized spacial score (nSPS) is 14.4. The quantitative estimate of drug-likeness (QED) is 0.225. The predicted octanol–water partition coefficient (Wildman–Crippen LogP) is 5.09. The molecular formula is C32H34N6O5. The molecule has 0 radical (unpaired) electrons. The molecule has 4 heterocycles.